The molecule has 0 radical (unpaired) electrons. The van der Waals surface area contributed by atoms with Crippen LogP contribution in [0.4, 0.5) is 5.69 Å². The van der Waals surface area contributed by atoms with Crippen LogP contribution in [0.15, 0.2) is 24.3 Å². The zero-order valence-corrected chi connectivity index (χ0v) is 12.6. The van der Waals surface area contributed by atoms with Gasteiger partial charge in [-0.2, -0.15) is 11.8 Å². The molecule has 0 amide bonds. The fraction of sp³-hybridized carbons (Fsp3) is 0.571. The van der Waals surface area contributed by atoms with E-state index in [1.54, 1.807) is 12.1 Å². The second kappa shape index (κ2) is 8.17. The summed E-state index contributed by atoms with van der Waals surface area (Å²) in [6.07, 6.45) is 4.14. The standard InChI is InChI=1S/C14H22N2O2S/c1-4-14(15-9-8-11(2)19-3)12-6-5-7-13(10-12)16(17)18/h5-7,10-11,14-15H,4,8-9H2,1-3H3. The van der Waals surface area contributed by atoms with E-state index in [9.17, 15) is 10.1 Å². The summed E-state index contributed by atoms with van der Waals surface area (Å²) >= 11 is 1.86. The van der Waals surface area contributed by atoms with Crippen molar-refractivity contribution in [2.24, 2.45) is 0 Å². The van der Waals surface area contributed by atoms with Gasteiger partial charge in [-0.3, -0.25) is 10.1 Å². The molecule has 0 aliphatic heterocycles. The van der Waals surface area contributed by atoms with E-state index in [0.717, 1.165) is 24.9 Å². The Labute approximate surface area is 119 Å². The first-order valence-electron chi connectivity index (χ1n) is 6.59. The molecule has 1 aromatic carbocycles. The van der Waals surface area contributed by atoms with Gasteiger partial charge < -0.3 is 5.32 Å². The normalized spacial score (nSPS) is 14.1. The van der Waals surface area contributed by atoms with Crippen LogP contribution in [-0.2, 0) is 0 Å². The lowest BCUT2D eigenvalue weighted by molar-refractivity contribution is -0.384. The molecular weight excluding hydrogens is 260 g/mol. The smallest absolute Gasteiger partial charge is 0.269 e. The van der Waals surface area contributed by atoms with Crippen molar-refractivity contribution in [2.45, 2.75) is 38.0 Å². The summed E-state index contributed by atoms with van der Waals surface area (Å²) in [4.78, 5) is 10.4. The molecule has 0 aromatic heterocycles. The maximum Gasteiger partial charge on any atom is 0.269 e. The Morgan fingerprint density at radius 2 is 2.21 bits per heavy atom. The number of thioether (sulfide) groups is 1. The summed E-state index contributed by atoms with van der Waals surface area (Å²) in [5.74, 6) is 0. The molecule has 0 fully saturated rings. The highest BCUT2D eigenvalue weighted by atomic mass is 32.2. The first kappa shape index (κ1) is 16.0. The molecule has 0 aliphatic rings. The molecule has 0 aliphatic carbocycles. The Hall–Kier alpha value is -1.07. The molecule has 0 heterocycles. The van der Waals surface area contributed by atoms with Crippen LogP contribution in [0, 0.1) is 10.1 Å². The van der Waals surface area contributed by atoms with Gasteiger partial charge in [-0.25, -0.2) is 0 Å². The van der Waals surface area contributed by atoms with Crippen LogP contribution >= 0.6 is 11.8 Å². The van der Waals surface area contributed by atoms with E-state index in [1.165, 1.54) is 6.07 Å². The second-order valence-electron chi connectivity index (χ2n) is 4.60. The zero-order chi connectivity index (χ0) is 14.3. The molecule has 1 N–H and O–H groups in total. The van der Waals surface area contributed by atoms with E-state index in [-0.39, 0.29) is 16.7 Å². The Balaban J connectivity index is 2.63. The molecule has 106 valence electrons. The van der Waals surface area contributed by atoms with Gasteiger partial charge in [-0.1, -0.05) is 26.0 Å². The lowest BCUT2D eigenvalue weighted by Crippen LogP contribution is -2.23. The Kier molecular flexibility index (Phi) is 6.87. The van der Waals surface area contributed by atoms with E-state index in [4.69, 9.17) is 0 Å². The van der Waals surface area contributed by atoms with Gasteiger partial charge in [-0.05, 0) is 31.2 Å². The number of non-ortho nitro benzene ring substituents is 1. The molecule has 1 aromatic rings. The van der Waals surface area contributed by atoms with Crippen molar-refractivity contribution >= 4 is 17.4 Å². The fourth-order valence-electron chi connectivity index (χ4n) is 1.93. The maximum absolute atomic E-state index is 10.8. The third kappa shape index (κ3) is 5.20. The summed E-state index contributed by atoms with van der Waals surface area (Å²) < 4.78 is 0. The number of nitrogens with one attached hydrogen (secondary N) is 1. The predicted molar refractivity (Wildman–Crippen MR) is 81.7 cm³/mol. The summed E-state index contributed by atoms with van der Waals surface area (Å²) in [5, 5.41) is 14.9. The average Bonchev–Trinajstić information content (AvgIpc) is 2.43. The third-order valence-corrected chi connectivity index (χ3v) is 4.28. The highest BCUT2D eigenvalue weighted by molar-refractivity contribution is 7.99. The molecule has 1 rings (SSSR count). The number of hydrogen-bond donors (Lipinski definition) is 1. The minimum Gasteiger partial charge on any atom is -0.310 e. The molecule has 2 unspecified atom stereocenters. The SMILES string of the molecule is CCC(NCCC(C)SC)c1cccc([N+](=O)[O-])c1. The van der Waals surface area contributed by atoms with Gasteiger partial charge in [0.05, 0.1) is 4.92 Å². The van der Waals surface area contributed by atoms with Gasteiger partial charge in [0.1, 0.15) is 0 Å². The Morgan fingerprint density at radius 1 is 1.47 bits per heavy atom. The second-order valence-corrected chi connectivity index (χ2v) is 5.88. The largest absolute Gasteiger partial charge is 0.310 e. The van der Waals surface area contributed by atoms with Gasteiger partial charge >= 0.3 is 0 Å². The van der Waals surface area contributed by atoms with Gasteiger partial charge in [0, 0.05) is 23.4 Å². The van der Waals surface area contributed by atoms with Crippen LogP contribution in [0.25, 0.3) is 0 Å². The molecule has 0 saturated heterocycles. The van der Waals surface area contributed by atoms with Crippen molar-refractivity contribution in [3.8, 4) is 0 Å². The lowest BCUT2D eigenvalue weighted by Gasteiger charge is -2.18. The van der Waals surface area contributed by atoms with Gasteiger partial charge in [0.15, 0.2) is 0 Å². The van der Waals surface area contributed by atoms with Gasteiger partial charge in [0.25, 0.3) is 5.69 Å². The highest BCUT2D eigenvalue weighted by Crippen LogP contribution is 2.21. The van der Waals surface area contributed by atoms with Crippen molar-refractivity contribution in [1.82, 2.24) is 5.32 Å². The van der Waals surface area contributed by atoms with Crippen molar-refractivity contribution in [3.05, 3.63) is 39.9 Å². The summed E-state index contributed by atoms with van der Waals surface area (Å²) in [7, 11) is 0. The number of hydrogen-bond acceptors (Lipinski definition) is 4. The van der Waals surface area contributed by atoms with Crippen LogP contribution < -0.4 is 5.32 Å². The monoisotopic (exact) mass is 282 g/mol. The topological polar surface area (TPSA) is 55.2 Å². The number of benzene rings is 1. The quantitative estimate of drug-likeness (QED) is 0.582. The Bertz CT molecular complexity index is 412. The average molecular weight is 282 g/mol. The van der Waals surface area contributed by atoms with Crippen LogP contribution in [0.1, 0.15) is 38.3 Å². The van der Waals surface area contributed by atoms with Crippen LogP contribution in [0.2, 0.25) is 0 Å². The van der Waals surface area contributed by atoms with Crippen LogP contribution in [0.3, 0.4) is 0 Å². The minimum absolute atomic E-state index is 0.162. The predicted octanol–water partition coefficient (Wildman–Crippen LogP) is 3.78. The molecule has 19 heavy (non-hydrogen) atoms. The molecule has 0 saturated carbocycles. The number of nitrogens with zero attached hydrogens (tertiary/aromatic N) is 1. The van der Waals surface area contributed by atoms with Gasteiger partial charge in [-0.15, -0.1) is 0 Å². The van der Waals surface area contributed by atoms with E-state index < -0.39 is 0 Å². The zero-order valence-electron chi connectivity index (χ0n) is 11.8. The van der Waals surface area contributed by atoms with Crippen molar-refractivity contribution in [3.63, 3.8) is 0 Å². The molecular formula is C14H22N2O2S. The van der Waals surface area contributed by atoms with E-state index >= 15 is 0 Å². The summed E-state index contributed by atoms with van der Waals surface area (Å²) in [5.41, 5.74) is 1.16. The van der Waals surface area contributed by atoms with E-state index in [1.807, 2.05) is 17.8 Å². The fourth-order valence-corrected chi connectivity index (χ4v) is 2.29. The van der Waals surface area contributed by atoms with E-state index in [2.05, 4.69) is 25.4 Å². The molecule has 0 spiro atoms. The van der Waals surface area contributed by atoms with Crippen molar-refractivity contribution < 1.29 is 4.92 Å². The first-order chi connectivity index (χ1) is 9.08. The van der Waals surface area contributed by atoms with Crippen molar-refractivity contribution in [2.75, 3.05) is 12.8 Å². The number of nitro benzene ring substituents is 1. The van der Waals surface area contributed by atoms with Crippen molar-refractivity contribution in [1.29, 1.82) is 0 Å². The molecule has 4 nitrogen and oxygen atoms in total. The van der Waals surface area contributed by atoms with Crippen LogP contribution in [-0.4, -0.2) is 23.0 Å². The molecule has 2 atom stereocenters. The first-order valence-corrected chi connectivity index (χ1v) is 7.87. The highest BCUT2D eigenvalue weighted by Gasteiger charge is 2.13. The van der Waals surface area contributed by atoms with E-state index in [0.29, 0.717) is 5.25 Å². The number of rotatable bonds is 8. The Morgan fingerprint density at radius 3 is 2.79 bits per heavy atom. The summed E-state index contributed by atoms with van der Waals surface area (Å²) in [6, 6.07) is 7.09. The van der Waals surface area contributed by atoms with Crippen LogP contribution in [0.5, 0.6) is 0 Å². The molecule has 0 bridgehead atoms. The number of nitro groups is 1. The summed E-state index contributed by atoms with van der Waals surface area (Å²) in [6.45, 7) is 5.23. The molecule has 5 heteroatoms. The minimum atomic E-state index is -0.341. The lowest BCUT2D eigenvalue weighted by atomic mass is 10.0. The maximum atomic E-state index is 10.8. The van der Waals surface area contributed by atoms with Gasteiger partial charge in [0.2, 0.25) is 0 Å². The third-order valence-electron chi connectivity index (χ3n) is 3.24.